The molecule has 2 atom stereocenters. The lowest BCUT2D eigenvalue weighted by Gasteiger charge is -2.43. The molecule has 2 aromatic carbocycles. The molecule has 4 nitrogen and oxygen atoms in total. The Kier molecular flexibility index (Phi) is 5.05. The lowest BCUT2D eigenvalue weighted by atomic mass is 9.82. The Labute approximate surface area is 155 Å². The minimum absolute atomic E-state index is 0.138. The molecule has 1 N–H and O–H groups in total. The van der Waals surface area contributed by atoms with Crippen molar-refractivity contribution in [3.05, 3.63) is 70.8 Å². The smallest absolute Gasteiger partial charge is 0.320 e. The number of hydrogen-bond donors (Lipinski definition) is 1. The SMILES string of the molecule is CCOC(=O)CN1CCc2ccccc2[C@@H]1[C@@H]1NCCc2ccccc21. The molecule has 0 saturated carbocycles. The van der Waals surface area contributed by atoms with Gasteiger partial charge >= 0.3 is 5.97 Å². The van der Waals surface area contributed by atoms with Gasteiger partial charge in [-0.25, -0.2) is 0 Å². The van der Waals surface area contributed by atoms with Crippen molar-refractivity contribution in [1.82, 2.24) is 10.2 Å². The second-order valence-corrected chi connectivity index (χ2v) is 7.05. The second kappa shape index (κ2) is 7.60. The normalized spacial score (nSPS) is 22.3. The number of hydrogen-bond acceptors (Lipinski definition) is 4. The number of carbonyl (C=O) groups excluding carboxylic acids is 1. The number of esters is 1. The highest BCUT2D eigenvalue weighted by Gasteiger charge is 2.37. The van der Waals surface area contributed by atoms with Crippen molar-refractivity contribution in [3.63, 3.8) is 0 Å². The van der Waals surface area contributed by atoms with Gasteiger partial charge in [0.15, 0.2) is 0 Å². The fraction of sp³-hybridized carbons (Fsp3) is 0.409. The molecule has 0 unspecified atom stereocenters. The van der Waals surface area contributed by atoms with E-state index in [0.717, 1.165) is 25.9 Å². The molecule has 136 valence electrons. The predicted molar refractivity (Wildman–Crippen MR) is 102 cm³/mol. The number of fused-ring (bicyclic) bond motifs is 2. The fourth-order valence-electron chi connectivity index (χ4n) is 4.41. The monoisotopic (exact) mass is 350 g/mol. The Morgan fingerprint density at radius 3 is 2.54 bits per heavy atom. The average molecular weight is 350 g/mol. The lowest BCUT2D eigenvalue weighted by molar-refractivity contribution is -0.145. The van der Waals surface area contributed by atoms with Crippen molar-refractivity contribution in [2.75, 3.05) is 26.2 Å². The summed E-state index contributed by atoms with van der Waals surface area (Å²) >= 11 is 0. The van der Waals surface area contributed by atoms with Crippen LogP contribution in [-0.2, 0) is 22.4 Å². The number of nitrogens with zero attached hydrogens (tertiary/aromatic N) is 1. The highest BCUT2D eigenvalue weighted by Crippen LogP contribution is 2.41. The summed E-state index contributed by atoms with van der Waals surface area (Å²) in [7, 11) is 0. The van der Waals surface area contributed by atoms with Crippen LogP contribution in [0.3, 0.4) is 0 Å². The molecule has 26 heavy (non-hydrogen) atoms. The maximum absolute atomic E-state index is 12.2. The van der Waals surface area contributed by atoms with Crippen LogP contribution >= 0.6 is 0 Å². The van der Waals surface area contributed by atoms with Gasteiger partial charge in [-0.1, -0.05) is 48.5 Å². The fourth-order valence-corrected chi connectivity index (χ4v) is 4.41. The molecule has 2 heterocycles. The van der Waals surface area contributed by atoms with Gasteiger partial charge in [-0.2, -0.15) is 0 Å². The first-order chi connectivity index (χ1) is 12.8. The number of rotatable bonds is 4. The van der Waals surface area contributed by atoms with Crippen molar-refractivity contribution >= 4 is 5.97 Å². The molecule has 0 spiro atoms. The van der Waals surface area contributed by atoms with Crippen LogP contribution in [0.5, 0.6) is 0 Å². The lowest BCUT2D eigenvalue weighted by Crippen LogP contribution is -2.46. The summed E-state index contributed by atoms with van der Waals surface area (Å²) in [6.07, 6.45) is 2.03. The quantitative estimate of drug-likeness (QED) is 0.861. The van der Waals surface area contributed by atoms with Crippen LogP contribution in [0.4, 0.5) is 0 Å². The van der Waals surface area contributed by atoms with Gasteiger partial charge in [-0.15, -0.1) is 0 Å². The summed E-state index contributed by atoms with van der Waals surface area (Å²) in [5.74, 6) is -0.138. The number of ether oxygens (including phenoxy) is 1. The molecule has 4 rings (SSSR count). The minimum atomic E-state index is -0.138. The Morgan fingerprint density at radius 2 is 1.77 bits per heavy atom. The van der Waals surface area contributed by atoms with Gasteiger partial charge in [0.05, 0.1) is 25.2 Å². The molecular weight excluding hydrogens is 324 g/mol. The van der Waals surface area contributed by atoms with Crippen molar-refractivity contribution in [2.45, 2.75) is 31.8 Å². The van der Waals surface area contributed by atoms with E-state index in [-0.39, 0.29) is 18.1 Å². The summed E-state index contributed by atoms with van der Waals surface area (Å²) in [5, 5.41) is 3.73. The van der Waals surface area contributed by atoms with Crippen LogP contribution < -0.4 is 5.32 Å². The number of benzene rings is 2. The average Bonchev–Trinajstić information content (AvgIpc) is 2.68. The van der Waals surface area contributed by atoms with E-state index in [9.17, 15) is 4.79 Å². The third-order valence-electron chi connectivity index (χ3n) is 5.54. The summed E-state index contributed by atoms with van der Waals surface area (Å²) in [6.45, 7) is 4.47. The van der Waals surface area contributed by atoms with Gasteiger partial charge in [-0.05, 0) is 48.6 Å². The van der Waals surface area contributed by atoms with Crippen LogP contribution in [0.15, 0.2) is 48.5 Å². The highest BCUT2D eigenvalue weighted by atomic mass is 16.5. The molecular formula is C22H26N2O2. The first kappa shape index (κ1) is 17.3. The Balaban J connectivity index is 1.73. The maximum Gasteiger partial charge on any atom is 0.320 e. The standard InChI is InChI=1S/C22H26N2O2/c1-2-26-20(25)15-24-14-12-17-8-4-6-10-19(17)22(24)21-18-9-5-3-7-16(18)11-13-23-21/h3-10,21-23H,2,11-15H2,1H3/t21-,22-/m1/s1. The van der Waals surface area contributed by atoms with Gasteiger partial charge in [0, 0.05) is 6.54 Å². The van der Waals surface area contributed by atoms with E-state index >= 15 is 0 Å². The van der Waals surface area contributed by atoms with E-state index in [0.29, 0.717) is 13.2 Å². The molecule has 0 saturated heterocycles. The first-order valence-electron chi connectivity index (χ1n) is 9.56. The molecule has 2 aliphatic rings. The highest BCUT2D eigenvalue weighted by molar-refractivity contribution is 5.71. The third-order valence-corrected chi connectivity index (χ3v) is 5.54. The molecule has 0 amide bonds. The largest absolute Gasteiger partial charge is 0.465 e. The van der Waals surface area contributed by atoms with Crippen LogP contribution in [-0.4, -0.2) is 37.1 Å². The van der Waals surface area contributed by atoms with Gasteiger partial charge in [0.1, 0.15) is 0 Å². The number of carbonyl (C=O) groups is 1. The van der Waals surface area contributed by atoms with E-state index in [4.69, 9.17) is 4.74 Å². The van der Waals surface area contributed by atoms with Crippen molar-refractivity contribution in [3.8, 4) is 0 Å². The summed E-state index contributed by atoms with van der Waals surface area (Å²) in [4.78, 5) is 14.5. The molecule has 0 bridgehead atoms. The van der Waals surface area contributed by atoms with Crippen LogP contribution in [0, 0.1) is 0 Å². The Morgan fingerprint density at radius 1 is 1.08 bits per heavy atom. The van der Waals surface area contributed by atoms with E-state index in [2.05, 4.69) is 58.7 Å². The summed E-state index contributed by atoms with van der Waals surface area (Å²) < 4.78 is 5.24. The van der Waals surface area contributed by atoms with Crippen LogP contribution in [0.25, 0.3) is 0 Å². The van der Waals surface area contributed by atoms with Crippen molar-refractivity contribution < 1.29 is 9.53 Å². The molecule has 2 aromatic rings. The van der Waals surface area contributed by atoms with Gasteiger partial charge in [0.25, 0.3) is 0 Å². The molecule has 2 aliphatic heterocycles. The molecule has 0 radical (unpaired) electrons. The summed E-state index contributed by atoms with van der Waals surface area (Å²) in [6, 6.07) is 17.7. The zero-order valence-electron chi connectivity index (χ0n) is 15.3. The third kappa shape index (κ3) is 3.27. The predicted octanol–water partition coefficient (Wildman–Crippen LogP) is 3.04. The Hall–Kier alpha value is -2.17. The van der Waals surface area contributed by atoms with E-state index in [1.165, 1.54) is 22.3 Å². The molecule has 4 heteroatoms. The van der Waals surface area contributed by atoms with Crippen molar-refractivity contribution in [2.24, 2.45) is 0 Å². The first-order valence-corrected chi connectivity index (χ1v) is 9.56. The molecule has 0 fully saturated rings. The maximum atomic E-state index is 12.2. The van der Waals surface area contributed by atoms with Crippen molar-refractivity contribution in [1.29, 1.82) is 0 Å². The van der Waals surface area contributed by atoms with Gasteiger partial charge in [-0.3, -0.25) is 9.69 Å². The molecule has 0 aromatic heterocycles. The van der Waals surface area contributed by atoms with Gasteiger partial charge < -0.3 is 10.1 Å². The second-order valence-electron chi connectivity index (χ2n) is 7.05. The van der Waals surface area contributed by atoms with Crippen LogP contribution in [0.1, 0.15) is 41.3 Å². The topological polar surface area (TPSA) is 41.6 Å². The van der Waals surface area contributed by atoms with E-state index in [1.807, 2.05) is 6.92 Å². The zero-order valence-corrected chi connectivity index (χ0v) is 15.3. The van der Waals surface area contributed by atoms with Gasteiger partial charge in [0.2, 0.25) is 0 Å². The zero-order chi connectivity index (χ0) is 17.9. The Bertz CT molecular complexity index is 789. The summed E-state index contributed by atoms with van der Waals surface area (Å²) in [5.41, 5.74) is 5.49. The minimum Gasteiger partial charge on any atom is -0.465 e. The van der Waals surface area contributed by atoms with E-state index in [1.54, 1.807) is 0 Å². The van der Waals surface area contributed by atoms with Crippen LogP contribution in [0.2, 0.25) is 0 Å². The molecule has 0 aliphatic carbocycles. The number of nitrogens with one attached hydrogen (secondary N) is 1. The van der Waals surface area contributed by atoms with E-state index < -0.39 is 0 Å².